The first-order valence-corrected chi connectivity index (χ1v) is 4.89. The van der Waals surface area contributed by atoms with Gasteiger partial charge in [0.25, 0.3) is 0 Å². The van der Waals surface area contributed by atoms with Gasteiger partial charge in [-0.15, -0.1) is 0 Å². The zero-order chi connectivity index (χ0) is 10.0. The third kappa shape index (κ3) is 1.93. The van der Waals surface area contributed by atoms with Gasteiger partial charge < -0.3 is 10.5 Å². The second-order valence-electron chi connectivity index (χ2n) is 4.00. The predicted molar refractivity (Wildman–Crippen MR) is 51.7 cm³/mol. The Kier molecular flexibility index (Phi) is 2.52. The molecule has 1 fully saturated rings. The van der Waals surface area contributed by atoms with Crippen LogP contribution in [0.25, 0.3) is 0 Å². The van der Waals surface area contributed by atoms with Crippen LogP contribution in [-0.4, -0.2) is 33.5 Å². The van der Waals surface area contributed by atoms with Gasteiger partial charge in [0, 0.05) is 25.6 Å². The molecule has 0 bridgehead atoms. The Hall–Kier alpha value is -0.940. The molecule has 1 aromatic rings. The summed E-state index contributed by atoms with van der Waals surface area (Å²) in [5, 5.41) is 4.02. The molecule has 5 nitrogen and oxygen atoms in total. The normalized spacial score (nSPS) is 27.9. The molecule has 1 aliphatic rings. The molecule has 14 heavy (non-hydrogen) atoms. The lowest BCUT2D eigenvalue weighted by Crippen LogP contribution is -2.49. The van der Waals surface area contributed by atoms with Gasteiger partial charge in [-0.2, -0.15) is 5.10 Å². The molecule has 1 saturated heterocycles. The fourth-order valence-electron chi connectivity index (χ4n) is 1.81. The molecule has 5 heteroatoms. The first-order chi connectivity index (χ1) is 6.70. The molecule has 2 heterocycles. The molecule has 2 N–H and O–H groups in total. The van der Waals surface area contributed by atoms with Crippen LogP contribution in [0.15, 0.2) is 6.33 Å². The average Bonchev–Trinajstić information content (AvgIpc) is 2.52. The number of nitrogens with zero attached hydrogens (tertiary/aromatic N) is 3. The molecule has 0 amide bonds. The lowest BCUT2D eigenvalue weighted by atomic mass is 9.90. The van der Waals surface area contributed by atoms with Crippen LogP contribution in [-0.2, 0) is 18.2 Å². The number of hydrogen-bond donors (Lipinski definition) is 1. The Labute approximate surface area is 83.3 Å². The van der Waals surface area contributed by atoms with Gasteiger partial charge >= 0.3 is 0 Å². The fraction of sp³-hybridized carbons (Fsp3) is 0.778. The Morgan fingerprint density at radius 2 is 2.57 bits per heavy atom. The molecule has 1 unspecified atom stereocenters. The number of ether oxygens (including phenoxy) is 1. The van der Waals surface area contributed by atoms with E-state index in [1.165, 1.54) is 0 Å². The second-order valence-corrected chi connectivity index (χ2v) is 4.00. The summed E-state index contributed by atoms with van der Waals surface area (Å²) in [5.41, 5.74) is 5.96. The molecule has 78 valence electrons. The summed E-state index contributed by atoms with van der Waals surface area (Å²) >= 11 is 0. The lowest BCUT2D eigenvalue weighted by Gasteiger charge is -2.32. The van der Waals surface area contributed by atoms with Gasteiger partial charge in [0.05, 0.1) is 6.61 Å². The van der Waals surface area contributed by atoms with Crippen molar-refractivity contribution in [2.45, 2.75) is 24.8 Å². The summed E-state index contributed by atoms with van der Waals surface area (Å²) in [6.07, 6.45) is 4.33. The standard InChI is InChI=1S/C9H16N4O/c1-13-8(11-7-12-13)5-9(10)3-2-4-14-6-9/h7H,2-6,10H2,1H3. The van der Waals surface area contributed by atoms with Crippen molar-refractivity contribution in [3.63, 3.8) is 0 Å². The largest absolute Gasteiger partial charge is 0.380 e. The zero-order valence-electron chi connectivity index (χ0n) is 8.44. The van der Waals surface area contributed by atoms with Gasteiger partial charge in [-0.25, -0.2) is 4.98 Å². The van der Waals surface area contributed by atoms with Crippen LogP contribution < -0.4 is 5.73 Å². The number of aryl methyl sites for hydroxylation is 1. The maximum absolute atomic E-state index is 6.21. The number of aromatic nitrogens is 3. The van der Waals surface area contributed by atoms with Crippen LogP contribution in [0.3, 0.4) is 0 Å². The van der Waals surface area contributed by atoms with E-state index in [2.05, 4.69) is 10.1 Å². The van der Waals surface area contributed by atoms with E-state index in [1.54, 1.807) is 11.0 Å². The quantitative estimate of drug-likeness (QED) is 0.715. The van der Waals surface area contributed by atoms with Crippen LogP contribution in [0.4, 0.5) is 0 Å². The SMILES string of the molecule is Cn1ncnc1CC1(N)CCCOC1. The highest BCUT2D eigenvalue weighted by Crippen LogP contribution is 2.19. The molecule has 0 radical (unpaired) electrons. The van der Waals surface area contributed by atoms with Crippen LogP contribution in [0.5, 0.6) is 0 Å². The molecule has 1 atom stereocenters. The van der Waals surface area contributed by atoms with Crippen LogP contribution in [0.1, 0.15) is 18.7 Å². The molecule has 1 aliphatic heterocycles. The minimum absolute atomic E-state index is 0.251. The van der Waals surface area contributed by atoms with Gasteiger partial charge in [0.1, 0.15) is 12.2 Å². The van der Waals surface area contributed by atoms with Crippen molar-refractivity contribution < 1.29 is 4.74 Å². The topological polar surface area (TPSA) is 66.0 Å². The Morgan fingerprint density at radius 1 is 1.71 bits per heavy atom. The smallest absolute Gasteiger partial charge is 0.138 e. The second kappa shape index (κ2) is 3.67. The molecule has 0 spiro atoms. The van der Waals surface area contributed by atoms with Crippen LogP contribution >= 0.6 is 0 Å². The average molecular weight is 196 g/mol. The summed E-state index contributed by atoms with van der Waals surface area (Å²) in [6.45, 7) is 1.46. The highest BCUT2D eigenvalue weighted by atomic mass is 16.5. The minimum Gasteiger partial charge on any atom is -0.380 e. The maximum atomic E-state index is 6.21. The van der Waals surface area contributed by atoms with E-state index in [9.17, 15) is 0 Å². The summed E-state index contributed by atoms with van der Waals surface area (Å²) in [6, 6.07) is 0. The monoisotopic (exact) mass is 196 g/mol. The highest BCUT2D eigenvalue weighted by Gasteiger charge is 2.29. The zero-order valence-corrected chi connectivity index (χ0v) is 8.44. The number of hydrogen-bond acceptors (Lipinski definition) is 4. The van der Waals surface area contributed by atoms with E-state index >= 15 is 0 Å². The van der Waals surface area contributed by atoms with Crippen molar-refractivity contribution in [1.29, 1.82) is 0 Å². The number of nitrogens with two attached hydrogens (primary N) is 1. The van der Waals surface area contributed by atoms with E-state index in [0.29, 0.717) is 6.61 Å². The molecular formula is C9H16N4O. The van der Waals surface area contributed by atoms with Gasteiger partial charge in [0.2, 0.25) is 0 Å². The summed E-state index contributed by atoms with van der Waals surface area (Å²) in [4.78, 5) is 4.17. The third-order valence-corrected chi connectivity index (χ3v) is 2.67. The van der Waals surface area contributed by atoms with E-state index in [-0.39, 0.29) is 5.54 Å². The summed E-state index contributed by atoms with van der Waals surface area (Å²) in [5.74, 6) is 0.929. The Bertz CT molecular complexity index is 304. The molecule has 0 saturated carbocycles. The first-order valence-electron chi connectivity index (χ1n) is 4.89. The molecular weight excluding hydrogens is 180 g/mol. The van der Waals surface area contributed by atoms with E-state index in [1.807, 2.05) is 7.05 Å². The predicted octanol–water partition coefficient (Wildman–Crippen LogP) is -0.135. The number of rotatable bonds is 2. The van der Waals surface area contributed by atoms with Crippen molar-refractivity contribution in [3.05, 3.63) is 12.2 Å². The Balaban J connectivity index is 2.05. The first kappa shape index (κ1) is 9.61. The van der Waals surface area contributed by atoms with Gasteiger partial charge in [-0.3, -0.25) is 4.68 Å². The summed E-state index contributed by atoms with van der Waals surface area (Å²) in [7, 11) is 1.88. The van der Waals surface area contributed by atoms with E-state index in [4.69, 9.17) is 10.5 Å². The van der Waals surface area contributed by atoms with E-state index < -0.39 is 0 Å². The van der Waals surface area contributed by atoms with Crippen LogP contribution in [0.2, 0.25) is 0 Å². The van der Waals surface area contributed by atoms with E-state index in [0.717, 1.165) is 31.7 Å². The molecule has 1 aromatic heterocycles. The van der Waals surface area contributed by atoms with Crippen LogP contribution in [0, 0.1) is 0 Å². The van der Waals surface area contributed by atoms with Crippen molar-refractivity contribution in [2.24, 2.45) is 12.8 Å². The van der Waals surface area contributed by atoms with Gasteiger partial charge in [-0.1, -0.05) is 0 Å². The highest BCUT2D eigenvalue weighted by molar-refractivity contribution is 4.98. The lowest BCUT2D eigenvalue weighted by molar-refractivity contribution is 0.0371. The van der Waals surface area contributed by atoms with Gasteiger partial charge in [0.15, 0.2) is 0 Å². The van der Waals surface area contributed by atoms with Crippen molar-refractivity contribution in [2.75, 3.05) is 13.2 Å². The maximum Gasteiger partial charge on any atom is 0.138 e. The van der Waals surface area contributed by atoms with Crippen molar-refractivity contribution >= 4 is 0 Å². The van der Waals surface area contributed by atoms with Gasteiger partial charge in [-0.05, 0) is 12.8 Å². The third-order valence-electron chi connectivity index (χ3n) is 2.67. The minimum atomic E-state index is -0.251. The van der Waals surface area contributed by atoms with Crippen molar-refractivity contribution in [1.82, 2.24) is 14.8 Å². The molecule has 2 rings (SSSR count). The Morgan fingerprint density at radius 3 is 3.14 bits per heavy atom. The fourth-order valence-corrected chi connectivity index (χ4v) is 1.81. The summed E-state index contributed by atoms with van der Waals surface area (Å²) < 4.78 is 7.16. The molecule has 0 aliphatic carbocycles. The van der Waals surface area contributed by atoms with Crippen molar-refractivity contribution in [3.8, 4) is 0 Å². The molecule has 0 aromatic carbocycles.